The van der Waals surface area contributed by atoms with Gasteiger partial charge < -0.3 is 5.32 Å². The molecule has 0 unspecified atom stereocenters. The average molecular weight is 396 g/mol. The minimum absolute atomic E-state index is 0.223. The Bertz CT molecular complexity index is 1170. The number of sulfonamides is 1. The molecule has 1 aliphatic heterocycles. The summed E-state index contributed by atoms with van der Waals surface area (Å²) in [5.74, 6) is -0.743. The largest absolute Gasteiger partial charge is 0.322 e. The summed E-state index contributed by atoms with van der Waals surface area (Å²) in [4.78, 5) is 12.9. The van der Waals surface area contributed by atoms with Crippen molar-refractivity contribution < 1.29 is 17.6 Å². The number of nitrogens with zero attached hydrogens (tertiary/aromatic N) is 1. The minimum atomic E-state index is -3.63. The Labute approximate surface area is 162 Å². The maximum atomic E-state index is 13.0. The lowest BCUT2D eigenvalue weighted by molar-refractivity contribution is 0.102. The first kappa shape index (κ1) is 18.2. The maximum absolute atomic E-state index is 13.0. The molecule has 0 saturated heterocycles. The number of anilines is 2. The van der Waals surface area contributed by atoms with Crippen molar-refractivity contribution in [1.29, 1.82) is 0 Å². The molecular weight excluding hydrogens is 379 g/mol. The minimum Gasteiger partial charge on any atom is -0.322 e. The molecule has 3 aromatic rings. The molecular formula is C21H17FN2O3S. The van der Waals surface area contributed by atoms with Crippen LogP contribution in [-0.2, 0) is 10.0 Å². The highest BCUT2D eigenvalue weighted by atomic mass is 32.2. The smallest absolute Gasteiger partial charge is 0.264 e. The Morgan fingerprint density at radius 1 is 1.00 bits per heavy atom. The van der Waals surface area contributed by atoms with Crippen LogP contribution in [0.3, 0.4) is 0 Å². The van der Waals surface area contributed by atoms with Crippen molar-refractivity contribution in [3.63, 3.8) is 0 Å². The van der Waals surface area contributed by atoms with Gasteiger partial charge in [0.15, 0.2) is 0 Å². The van der Waals surface area contributed by atoms with Crippen molar-refractivity contribution in [1.82, 2.24) is 0 Å². The standard InChI is InChI=1S/C21H17FN2O3S/c1-2-24-19-12-7-14(21(25)23-16-10-8-15(22)9-11-16)13-18(19)17-5-3-4-6-20(17)28(24,26)27/h3-13H,2H2,1H3,(H,23,25). The third-order valence-electron chi connectivity index (χ3n) is 4.66. The summed E-state index contributed by atoms with van der Waals surface area (Å²) in [5.41, 5.74) is 2.65. The van der Waals surface area contributed by atoms with Gasteiger partial charge in [0.2, 0.25) is 0 Å². The molecule has 0 saturated carbocycles. The molecule has 0 aromatic heterocycles. The molecule has 3 aromatic carbocycles. The zero-order valence-electron chi connectivity index (χ0n) is 15.0. The van der Waals surface area contributed by atoms with E-state index in [2.05, 4.69) is 5.32 Å². The summed E-state index contributed by atoms with van der Waals surface area (Å²) in [6, 6.07) is 17.2. The van der Waals surface area contributed by atoms with Crippen molar-refractivity contribution in [2.24, 2.45) is 0 Å². The number of fused-ring (bicyclic) bond motifs is 3. The summed E-state index contributed by atoms with van der Waals surface area (Å²) in [6.07, 6.45) is 0. The molecule has 7 heteroatoms. The van der Waals surface area contributed by atoms with Crippen molar-refractivity contribution >= 4 is 27.3 Å². The summed E-state index contributed by atoms with van der Waals surface area (Å²) < 4.78 is 40.2. The van der Waals surface area contributed by atoms with Crippen molar-refractivity contribution in [2.75, 3.05) is 16.2 Å². The van der Waals surface area contributed by atoms with Gasteiger partial charge in [0.05, 0.1) is 10.6 Å². The molecule has 0 spiro atoms. The van der Waals surface area contributed by atoms with E-state index in [0.29, 0.717) is 28.1 Å². The van der Waals surface area contributed by atoms with Crippen LogP contribution in [0.4, 0.5) is 15.8 Å². The number of carbonyl (C=O) groups excluding carboxylic acids is 1. The van der Waals surface area contributed by atoms with Crippen molar-refractivity contribution in [2.45, 2.75) is 11.8 Å². The van der Waals surface area contributed by atoms with E-state index in [1.807, 2.05) is 0 Å². The predicted octanol–water partition coefficient (Wildman–Crippen LogP) is 4.27. The van der Waals surface area contributed by atoms with E-state index in [4.69, 9.17) is 0 Å². The van der Waals surface area contributed by atoms with Crippen LogP contribution < -0.4 is 9.62 Å². The van der Waals surface area contributed by atoms with Crippen LogP contribution in [0.25, 0.3) is 11.1 Å². The molecule has 0 fully saturated rings. The second kappa shape index (κ2) is 6.76. The molecule has 0 atom stereocenters. The molecule has 4 rings (SSSR count). The Balaban J connectivity index is 1.78. The first-order chi connectivity index (χ1) is 13.4. The number of hydrogen-bond acceptors (Lipinski definition) is 3. The number of benzene rings is 3. The van der Waals surface area contributed by atoms with Gasteiger partial charge in [-0.15, -0.1) is 0 Å². The molecule has 1 heterocycles. The lowest BCUT2D eigenvalue weighted by Crippen LogP contribution is -2.34. The van der Waals surface area contributed by atoms with Crippen LogP contribution >= 0.6 is 0 Å². The van der Waals surface area contributed by atoms with Gasteiger partial charge in [-0.25, -0.2) is 12.8 Å². The van der Waals surface area contributed by atoms with Crippen LogP contribution in [-0.4, -0.2) is 20.9 Å². The molecule has 28 heavy (non-hydrogen) atoms. The third kappa shape index (κ3) is 2.93. The van der Waals surface area contributed by atoms with Gasteiger partial charge in [-0.2, -0.15) is 0 Å². The molecule has 5 nitrogen and oxygen atoms in total. The number of amides is 1. The number of nitrogens with one attached hydrogen (secondary N) is 1. The summed E-state index contributed by atoms with van der Waals surface area (Å²) in [6.45, 7) is 2.05. The van der Waals surface area contributed by atoms with E-state index >= 15 is 0 Å². The van der Waals surface area contributed by atoms with Gasteiger partial charge in [0.25, 0.3) is 15.9 Å². The van der Waals surface area contributed by atoms with Crippen LogP contribution in [0.5, 0.6) is 0 Å². The van der Waals surface area contributed by atoms with Crippen molar-refractivity contribution in [3.05, 3.63) is 78.1 Å². The van der Waals surface area contributed by atoms with Crippen LogP contribution in [0, 0.1) is 5.82 Å². The van der Waals surface area contributed by atoms with Gasteiger partial charge in [-0.05, 0) is 55.5 Å². The van der Waals surface area contributed by atoms with Gasteiger partial charge in [-0.3, -0.25) is 9.10 Å². The maximum Gasteiger partial charge on any atom is 0.264 e. The number of hydrogen-bond donors (Lipinski definition) is 1. The lowest BCUT2D eigenvalue weighted by atomic mass is 10.00. The fourth-order valence-corrected chi connectivity index (χ4v) is 5.05. The van der Waals surface area contributed by atoms with Gasteiger partial charge in [0.1, 0.15) is 5.82 Å². The molecule has 1 amide bonds. The zero-order valence-corrected chi connectivity index (χ0v) is 15.8. The van der Waals surface area contributed by atoms with Crippen LogP contribution in [0.15, 0.2) is 71.6 Å². The predicted molar refractivity (Wildman–Crippen MR) is 106 cm³/mol. The lowest BCUT2D eigenvalue weighted by Gasteiger charge is -2.31. The van der Waals surface area contributed by atoms with E-state index in [0.717, 1.165) is 0 Å². The molecule has 0 aliphatic carbocycles. The Kier molecular flexibility index (Phi) is 4.39. The monoisotopic (exact) mass is 396 g/mol. The highest BCUT2D eigenvalue weighted by molar-refractivity contribution is 7.93. The second-order valence-corrected chi connectivity index (χ2v) is 8.19. The fraction of sp³-hybridized carbons (Fsp3) is 0.0952. The normalized spacial score (nSPS) is 14.1. The summed E-state index contributed by atoms with van der Waals surface area (Å²) in [5, 5.41) is 2.72. The van der Waals surface area contributed by atoms with Crippen molar-refractivity contribution in [3.8, 4) is 11.1 Å². The second-order valence-electron chi connectivity index (χ2n) is 6.36. The topological polar surface area (TPSA) is 66.5 Å². The Morgan fingerprint density at radius 3 is 2.43 bits per heavy atom. The highest BCUT2D eigenvalue weighted by Crippen LogP contribution is 2.43. The Morgan fingerprint density at radius 2 is 1.71 bits per heavy atom. The van der Waals surface area contributed by atoms with Crippen LogP contribution in [0.1, 0.15) is 17.3 Å². The number of rotatable bonds is 3. The first-order valence-corrected chi connectivity index (χ1v) is 10.2. The van der Waals surface area contributed by atoms with Crippen LogP contribution in [0.2, 0.25) is 0 Å². The Hall–Kier alpha value is -3.19. The number of halogens is 1. The van der Waals surface area contributed by atoms with Gasteiger partial charge in [-0.1, -0.05) is 18.2 Å². The van der Waals surface area contributed by atoms with E-state index < -0.39 is 10.0 Å². The third-order valence-corrected chi connectivity index (χ3v) is 6.61. The molecule has 142 valence electrons. The molecule has 1 N–H and O–H groups in total. The zero-order chi connectivity index (χ0) is 19.9. The molecule has 1 aliphatic rings. The summed E-state index contributed by atoms with van der Waals surface area (Å²) >= 11 is 0. The van der Waals surface area contributed by atoms with Gasteiger partial charge in [0, 0.05) is 28.9 Å². The first-order valence-electron chi connectivity index (χ1n) is 8.75. The summed E-state index contributed by atoms with van der Waals surface area (Å²) in [7, 11) is -3.63. The van der Waals surface area contributed by atoms with E-state index in [1.54, 1.807) is 49.4 Å². The van der Waals surface area contributed by atoms with E-state index in [-0.39, 0.29) is 23.2 Å². The van der Waals surface area contributed by atoms with E-state index in [9.17, 15) is 17.6 Å². The highest BCUT2D eigenvalue weighted by Gasteiger charge is 2.34. The molecule has 0 bridgehead atoms. The average Bonchev–Trinajstić information content (AvgIpc) is 2.70. The quantitative estimate of drug-likeness (QED) is 0.719. The SMILES string of the molecule is CCN1c2ccc(C(=O)Nc3ccc(F)cc3)cc2-c2ccccc2S1(=O)=O. The van der Waals surface area contributed by atoms with Gasteiger partial charge >= 0.3 is 0 Å². The molecule has 0 radical (unpaired) electrons. The van der Waals surface area contributed by atoms with E-state index in [1.165, 1.54) is 28.6 Å². The fourth-order valence-electron chi connectivity index (χ4n) is 3.35. The number of carbonyl (C=O) groups is 1.